The minimum Gasteiger partial charge on any atom is -0.508 e. The summed E-state index contributed by atoms with van der Waals surface area (Å²) in [7, 11) is 0. The largest absolute Gasteiger partial charge is 0.508 e. The lowest BCUT2D eigenvalue weighted by molar-refractivity contribution is 0.457. The third kappa shape index (κ3) is 4.52. The van der Waals surface area contributed by atoms with Crippen LogP contribution in [0, 0.1) is 5.92 Å². The van der Waals surface area contributed by atoms with Crippen molar-refractivity contribution in [2.45, 2.75) is 39.5 Å². The van der Waals surface area contributed by atoms with Crippen LogP contribution < -0.4 is 4.90 Å². The highest BCUT2D eigenvalue weighted by molar-refractivity contribution is 5.64. The number of hydrogen-bond acceptors (Lipinski definition) is 2. The molecule has 2 heteroatoms. The van der Waals surface area contributed by atoms with Gasteiger partial charge in [-0.3, -0.25) is 0 Å². The van der Waals surface area contributed by atoms with Crippen LogP contribution in [0.25, 0.3) is 0 Å². The van der Waals surface area contributed by atoms with Crippen LogP contribution >= 0.6 is 0 Å². The number of unbranched alkanes of at least 4 members (excludes halogenated alkanes) is 1. The number of benzene rings is 2. The fourth-order valence-corrected chi connectivity index (χ4v) is 2.80. The van der Waals surface area contributed by atoms with Gasteiger partial charge in [0.1, 0.15) is 5.75 Å². The molecule has 0 fully saturated rings. The molecule has 0 heterocycles. The smallest absolute Gasteiger partial charge is 0.117 e. The second kappa shape index (κ2) is 8.47. The Bertz CT molecular complexity index is 553. The molecule has 1 N–H and O–H groups in total. The summed E-state index contributed by atoms with van der Waals surface area (Å²) in [5.74, 6) is 0.988. The van der Waals surface area contributed by atoms with Crippen LogP contribution in [0.15, 0.2) is 54.6 Å². The maximum Gasteiger partial charge on any atom is 0.117 e. The topological polar surface area (TPSA) is 23.5 Å². The molecule has 0 radical (unpaired) electrons. The van der Waals surface area contributed by atoms with Gasteiger partial charge in [0.05, 0.1) is 0 Å². The Hall–Kier alpha value is -1.96. The second-order valence-corrected chi connectivity index (χ2v) is 5.88. The van der Waals surface area contributed by atoms with Gasteiger partial charge in [0.2, 0.25) is 0 Å². The standard InChI is InChI=1S/C20H27NO/c1-3-5-10-17(4-2)16-21(18-11-7-6-8-12-18)19-13-9-14-20(22)15-19/h6-9,11-15,17,22H,3-5,10,16H2,1-2H3. The van der Waals surface area contributed by atoms with Gasteiger partial charge in [0, 0.05) is 24.0 Å². The summed E-state index contributed by atoms with van der Waals surface area (Å²) in [5.41, 5.74) is 2.24. The van der Waals surface area contributed by atoms with E-state index in [1.165, 1.54) is 31.4 Å². The maximum absolute atomic E-state index is 9.81. The van der Waals surface area contributed by atoms with Gasteiger partial charge in [-0.2, -0.15) is 0 Å². The lowest BCUT2D eigenvalue weighted by atomic mass is 9.98. The first-order valence-electron chi connectivity index (χ1n) is 8.36. The van der Waals surface area contributed by atoms with Crippen molar-refractivity contribution in [3.05, 3.63) is 54.6 Å². The van der Waals surface area contributed by atoms with Crippen molar-refractivity contribution in [2.24, 2.45) is 5.92 Å². The molecule has 118 valence electrons. The third-order valence-electron chi connectivity index (χ3n) is 4.19. The molecule has 0 aliphatic heterocycles. The van der Waals surface area contributed by atoms with E-state index in [2.05, 4.69) is 49.1 Å². The van der Waals surface area contributed by atoms with Crippen molar-refractivity contribution in [3.63, 3.8) is 0 Å². The van der Waals surface area contributed by atoms with Crippen molar-refractivity contribution in [1.29, 1.82) is 0 Å². The molecule has 0 saturated carbocycles. The second-order valence-electron chi connectivity index (χ2n) is 5.88. The van der Waals surface area contributed by atoms with E-state index in [0.717, 1.165) is 12.2 Å². The van der Waals surface area contributed by atoms with Crippen molar-refractivity contribution < 1.29 is 5.11 Å². The Balaban J connectivity index is 2.25. The van der Waals surface area contributed by atoms with Crippen molar-refractivity contribution >= 4 is 11.4 Å². The molecule has 0 aliphatic rings. The average Bonchev–Trinajstić information content (AvgIpc) is 2.56. The van der Waals surface area contributed by atoms with E-state index in [4.69, 9.17) is 0 Å². The van der Waals surface area contributed by atoms with Crippen LogP contribution in [0.1, 0.15) is 39.5 Å². The van der Waals surface area contributed by atoms with Gasteiger partial charge in [-0.25, -0.2) is 0 Å². The molecule has 2 rings (SSSR count). The van der Waals surface area contributed by atoms with Gasteiger partial charge < -0.3 is 10.0 Å². The maximum atomic E-state index is 9.81. The third-order valence-corrected chi connectivity index (χ3v) is 4.19. The molecular formula is C20H27NO. The van der Waals surface area contributed by atoms with E-state index in [1.807, 2.05) is 18.2 Å². The van der Waals surface area contributed by atoms with E-state index in [-0.39, 0.29) is 0 Å². The molecule has 1 unspecified atom stereocenters. The summed E-state index contributed by atoms with van der Waals surface area (Å²) in [4.78, 5) is 2.32. The fraction of sp³-hybridized carbons (Fsp3) is 0.400. The number of rotatable bonds is 8. The van der Waals surface area contributed by atoms with Gasteiger partial charge in [0.25, 0.3) is 0 Å². The summed E-state index contributed by atoms with van der Waals surface area (Å²) in [6, 6.07) is 18.0. The van der Waals surface area contributed by atoms with Gasteiger partial charge in [-0.15, -0.1) is 0 Å². The predicted octanol–water partition coefficient (Wildman–Crippen LogP) is 5.75. The zero-order chi connectivity index (χ0) is 15.8. The van der Waals surface area contributed by atoms with Gasteiger partial charge in [-0.05, 0) is 36.6 Å². The predicted molar refractivity (Wildman–Crippen MR) is 94.9 cm³/mol. The summed E-state index contributed by atoms with van der Waals surface area (Å²) in [6.07, 6.45) is 4.96. The fourth-order valence-electron chi connectivity index (χ4n) is 2.80. The molecule has 0 amide bonds. The lowest BCUT2D eigenvalue weighted by Gasteiger charge is -2.29. The molecule has 0 bridgehead atoms. The van der Waals surface area contributed by atoms with Crippen molar-refractivity contribution in [2.75, 3.05) is 11.4 Å². The lowest BCUT2D eigenvalue weighted by Crippen LogP contribution is -2.24. The van der Waals surface area contributed by atoms with E-state index in [1.54, 1.807) is 6.07 Å². The molecular weight excluding hydrogens is 270 g/mol. The zero-order valence-corrected chi connectivity index (χ0v) is 13.7. The van der Waals surface area contributed by atoms with Crippen molar-refractivity contribution in [1.82, 2.24) is 0 Å². The van der Waals surface area contributed by atoms with Gasteiger partial charge in [0.15, 0.2) is 0 Å². The molecule has 22 heavy (non-hydrogen) atoms. The van der Waals surface area contributed by atoms with E-state index in [9.17, 15) is 5.11 Å². The molecule has 2 aromatic rings. The Morgan fingerprint density at radius 3 is 2.32 bits per heavy atom. The highest BCUT2D eigenvalue weighted by Gasteiger charge is 2.15. The highest BCUT2D eigenvalue weighted by atomic mass is 16.3. The summed E-state index contributed by atoms with van der Waals surface area (Å²) in [5, 5.41) is 9.81. The molecule has 2 nitrogen and oxygen atoms in total. The quantitative estimate of drug-likeness (QED) is 0.671. The molecule has 0 aliphatic carbocycles. The number of nitrogens with zero attached hydrogens (tertiary/aromatic N) is 1. The molecule has 0 saturated heterocycles. The molecule has 0 spiro atoms. The van der Waals surface area contributed by atoms with Crippen molar-refractivity contribution in [3.8, 4) is 5.75 Å². The number of phenols is 1. The van der Waals surface area contributed by atoms with E-state index >= 15 is 0 Å². The van der Waals surface area contributed by atoms with E-state index in [0.29, 0.717) is 11.7 Å². The molecule has 0 aromatic heterocycles. The SMILES string of the molecule is CCCCC(CC)CN(c1ccccc1)c1cccc(O)c1. The van der Waals surface area contributed by atoms with E-state index < -0.39 is 0 Å². The minimum absolute atomic E-state index is 0.319. The number of phenolic OH excluding ortho intramolecular Hbond substituents is 1. The average molecular weight is 297 g/mol. The first-order valence-corrected chi connectivity index (χ1v) is 8.36. The Morgan fingerprint density at radius 1 is 0.955 bits per heavy atom. The molecule has 1 atom stereocenters. The molecule has 2 aromatic carbocycles. The normalized spacial score (nSPS) is 12.1. The van der Waals surface area contributed by atoms with Crippen LogP contribution in [0.2, 0.25) is 0 Å². The van der Waals surface area contributed by atoms with Crippen LogP contribution in [0.5, 0.6) is 5.75 Å². The van der Waals surface area contributed by atoms with Crippen LogP contribution in [0.3, 0.4) is 0 Å². The summed E-state index contributed by atoms with van der Waals surface area (Å²) < 4.78 is 0. The van der Waals surface area contributed by atoms with Gasteiger partial charge >= 0.3 is 0 Å². The van der Waals surface area contributed by atoms with Crippen LogP contribution in [-0.2, 0) is 0 Å². The first-order chi connectivity index (χ1) is 10.7. The van der Waals surface area contributed by atoms with Crippen LogP contribution in [0.4, 0.5) is 11.4 Å². The number of aromatic hydroxyl groups is 1. The van der Waals surface area contributed by atoms with Crippen LogP contribution in [-0.4, -0.2) is 11.7 Å². The summed E-state index contributed by atoms with van der Waals surface area (Å²) in [6.45, 7) is 5.51. The Morgan fingerprint density at radius 2 is 1.68 bits per heavy atom. The number of anilines is 2. The Labute approximate surface area is 134 Å². The zero-order valence-electron chi connectivity index (χ0n) is 13.7. The van der Waals surface area contributed by atoms with Gasteiger partial charge in [-0.1, -0.05) is 57.4 Å². The summed E-state index contributed by atoms with van der Waals surface area (Å²) >= 11 is 0. The monoisotopic (exact) mass is 297 g/mol. The first kappa shape index (κ1) is 16.4. The number of para-hydroxylation sites is 1. The highest BCUT2D eigenvalue weighted by Crippen LogP contribution is 2.30. The Kier molecular flexibility index (Phi) is 6.32. The minimum atomic E-state index is 0.319. The number of hydrogen-bond donors (Lipinski definition) is 1.